The first-order valence-electron chi connectivity index (χ1n) is 8.08. The molecule has 2 N–H and O–H groups in total. The molecule has 1 fully saturated rings. The lowest BCUT2D eigenvalue weighted by Gasteiger charge is -2.26. The van der Waals surface area contributed by atoms with Crippen molar-refractivity contribution in [3.05, 3.63) is 35.9 Å². The van der Waals surface area contributed by atoms with Crippen LogP contribution in [0.3, 0.4) is 0 Å². The summed E-state index contributed by atoms with van der Waals surface area (Å²) in [5, 5.41) is 4.84. The zero-order valence-electron chi connectivity index (χ0n) is 13.3. The fraction of sp³-hybridized carbons (Fsp3) is 0.529. The SMILES string of the molecule is CCC(CC)NC(=O)C1CCCN1NC(=O)c1ccccc1. The molecule has 1 aliphatic heterocycles. The van der Waals surface area contributed by atoms with Gasteiger partial charge >= 0.3 is 0 Å². The van der Waals surface area contributed by atoms with E-state index in [1.807, 2.05) is 18.2 Å². The van der Waals surface area contributed by atoms with Gasteiger partial charge in [0.1, 0.15) is 6.04 Å². The van der Waals surface area contributed by atoms with Gasteiger partial charge in [-0.15, -0.1) is 0 Å². The molecule has 0 aliphatic carbocycles. The molecule has 2 amide bonds. The minimum absolute atomic E-state index is 0.0135. The van der Waals surface area contributed by atoms with Crippen molar-refractivity contribution in [2.75, 3.05) is 6.54 Å². The second-order valence-corrected chi connectivity index (χ2v) is 5.68. The highest BCUT2D eigenvalue weighted by molar-refractivity contribution is 5.94. The molecule has 1 atom stereocenters. The Hall–Kier alpha value is -1.88. The van der Waals surface area contributed by atoms with Crippen LogP contribution in [0.25, 0.3) is 0 Å². The Morgan fingerprint density at radius 1 is 1.23 bits per heavy atom. The molecule has 0 bridgehead atoms. The number of carbonyl (C=O) groups is 2. The van der Waals surface area contributed by atoms with Crippen molar-refractivity contribution in [1.82, 2.24) is 15.8 Å². The molecular weight excluding hydrogens is 278 g/mol. The van der Waals surface area contributed by atoms with E-state index in [-0.39, 0.29) is 23.9 Å². The van der Waals surface area contributed by atoms with E-state index in [4.69, 9.17) is 0 Å². The van der Waals surface area contributed by atoms with E-state index in [9.17, 15) is 9.59 Å². The summed E-state index contributed by atoms with van der Waals surface area (Å²) in [5.74, 6) is -0.151. The van der Waals surface area contributed by atoms with Crippen molar-refractivity contribution in [2.24, 2.45) is 0 Å². The third kappa shape index (κ3) is 4.07. The number of nitrogens with one attached hydrogen (secondary N) is 2. The zero-order chi connectivity index (χ0) is 15.9. The molecule has 1 aromatic rings. The van der Waals surface area contributed by atoms with Crippen LogP contribution in [0.4, 0.5) is 0 Å². The summed E-state index contributed by atoms with van der Waals surface area (Å²) in [5.41, 5.74) is 3.47. The molecule has 5 nitrogen and oxygen atoms in total. The van der Waals surface area contributed by atoms with Gasteiger partial charge in [0.25, 0.3) is 5.91 Å². The standard InChI is InChI=1S/C17H25N3O2/c1-3-14(4-2)18-17(22)15-11-8-12-20(15)19-16(21)13-9-6-5-7-10-13/h5-7,9-10,14-15H,3-4,8,11-12H2,1-2H3,(H,18,22)(H,19,21). The van der Waals surface area contributed by atoms with E-state index in [0.29, 0.717) is 12.1 Å². The third-order valence-corrected chi connectivity index (χ3v) is 4.17. The average Bonchev–Trinajstić information content (AvgIpc) is 3.01. The van der Waals surface area contributed by atoms with Crippen molar-refractivity contribution in [1.29, 1.82) is 0 Å². The molecule has 0 spiro atoms. The van der Waals surface area contributed by atoms with Gasteiger partial charge in [0, 0.05) is 18.2 Å². The smallest absolute Gasteiger partial charge is 0.265 e. The lowest BCUT2D eigenvalue weighted by atomic mass is 10.1. The maximum atomic E-state index is 12.4. The number of hydrogen-bond donors (Lipinski definition) is 2. The van der Waals surface area contributed by atoms with Gasteiger partial charge in [-0.2, -0.15) is 0 Å². The van der Waals surface area contributed by atoms with Crippen molar-refractivity contribution >= 4 is 11.8 Å². The van der Waals surface area contributed by atoms with E-state index in [1.54, 1.807) is 17.1 Å². The van der Waals surface area contributed by atoms with Crippen LogP contribution < -0.4 is 10.7 Å². The van der Waals surface area contributed by atoms with E-state index in [0.717, 1.165) is 25.7 Å². The molecule has 1 unspecified atom stereocenters. The Kier molecular flexibility index (Phi) is 5.95. The third-order valence-electron chi connectivity index (χ3n) is 4.17. The summed E-state index contributed by atoms with van der Waals surface area (Å²) < 4.78 is 0. The minimum atomic E-state index is -0.270. The summed E-state index contributed by atoms with van der Waals surface area (Å²) in [6.45, 7) is 4.84. The van der Waals surface area contributed by atoms with Crippen LogP contribution >= 0.6 is 0 Å². The number of benzene rings is 1. The van der Waals surface area contributed by atoms with Gasteiger partial charge in [-0.05, 0) is 37.8 Å². The normalized spacial score (nSPS) is 18.4. The van der Waals surface area contributed by atoms with Gasteiger partial charge in [0.15, 0.2) is 0 Å². The van der Waals surface area contributed by atoms with Crippen LogP contribution in [0, 0.1) is 0 Å². The molecule has 1 saturated heterocycles. The van der Waals surface area contributed by atoms with Gasteiger partial charge in [0.2, 0.25) is 5.91 Å². The van der Waals surface area contributed by atoms with Crippen LogP contribution in [0.15, 0.2) is 30.3 Å². The Morgan fingerprint density at radius 3 is 2.55 bits per heavy atom. The summed E-state index contributed by atoms with van der Waals surface area (Å²) in [4.78, 5) is 24.6. The second-order valence-electron chi connectivity index (χ2n) is 5.68. The first kappa shape index (κ1) is 16.5. The zero-order valence-corrected chi connectivity index (χ0v) is 13.3. The Labute approximate surface area is 132 Å². The highest BCUT2D eigenvalue weighted by Crippen LogP contribution is 2.16. The van der Waals surface area contributed by atoms with Crippen LogP contribution in [0.5, 0.6) is 0 Å². The molecule has 120 valence electrons. The summed E-state index contributed by atoms with van der Waals surface area (Å²) in [7, 11) is 0. The van der Waals surface area contributed by atoms with Gasteiger partial charge in [-0.1, -0.05) is 32.0 Å². The van der Waals surface area contributed by atoms with Crippen LogP contribution in [0.2, 0.25) is 0 Å². The van der Waals surface area contributed by atoms with Crippen molar-refractivity contribution in [3.63, 3.8) is 0 Å². The number of hydrazine groups is 1. The lowest BCUT2D eigenvalue weighted by Crippen LogP contribution is -2.52. The molecule has 0 saturated carbocycles. The maximum Gasteiger partial charge on any atom is 0.265 e. The molecule has 1 heterocycles. The highest BCUT2D eigenvalue weighted by Gasteiger charge is 2.32. The Morgan fingerprint density at radius 2 is 1.91 bits per heavy atom. The first-order valence-corrected chi connectivity index (χ1v) is 8.08. The van der Waals surface area contributed by atoms with Gasteiger partial charge < -0.3 is 5.32 Å². The number of rotatable bonds is 6. The monoisotopic (exact) mass is 303 g/mol. The average molecular weight is 303 g/mol. The molecule has 0 radical (unpaired) electrons. The van der Waals surface area contributed by atoms with Crippen molar-refractivity contribution in [3.8, 4) is 0 Å². The molecule has 1 aromatic carbocycles. The van der Waals surface area contributed by atoms with E-state index in [2.05, 4.69) is 24.6 Å². The van der Waals surface area contributed by atoms with E-state index >= 15 is 0 Å². The quantitative estimate of drug-likeness (QED) is 0.846. The van der Waals surface area contributed by atoms with Crippen molar-refractivity contribution < 1.29 is 9.59 Å². The largest absolute Gasteiger partial charge is 0.352 e. The van der Waals surface area contributed by atoms with Gasteiger partial charge in [-0.3, -0.25) is 15.0 Å². The molecule has 22 heavy (non-hydrogen) atoms. The van der Waals surface area contributed by atoms with E-state index in [1.165, 1.54) is 0 Å². The Balaban J connectivity index is 1.95. The van der Waals surface area contributed by atoms with Crippen LogP contribution in [-0.4, -0.2) is 35.5 Å². The molecular formula is C17H25N3O2. The fourth-order valence-electron chi connectivity index (χ4n) is 2.75. The summed E-state index contributed by atoms with van der Waals surface area (Å²) >= 11 is 0. The van der Waals surface area contributed by atoms with Gasteiger partial charge in [0.05, 0.1) is 0 Å². The van der Waals surface area contributed by atoms with Crippen molar-refractivity contribution in [2.45, 2.75) is 51.6 Å². The lowest BCUT2D eigenvalue weighted by molar-refractivity contribution is -0.126. The summed E-state index contributed by atoms with van der Waals surface area (Å²) in [6, 6.07) is 9.01. The van der Waals surface area contributed by atoms with E-state index < -0.39 is 0 Å². The molecule has 0 aromatic heterocycles. The number of carbonyl (C=O) groups excluding carboxylic acids is 2. The maximum absolute atomic E-state index is 12.4. The second kappa shape index (κ2) is 7.94. The number of nitrogens with zero attached hydrogens (tertiary/aromatic N) is 1. The predicted molar refractivity (Wildman–Crippen MR) is 86.1 cm³/mol. The minimum Gasteiger partial charge on any atom is -0.352 e. The number of hydrogen-bond acceptors (Lipinski definition) is 3. The number of amides is 2. The molecule has 1 aliphatic rings. The van der Waals surface area contributed by atoms with Gasteiger partial charge in [-0.25, -0.2) is 5.01 Å². The molecule has 2 rings (SSSR count). The summed E-state index contributed by atoms with van der Waals surface area (Å²) in [6.07, 6.45) is 3.54. The Bertz CT molecular complexity index is 500. The van der Waals surface area contributed by atoms with Crippen LogP contribution in [0.1, 0.15) is 49.9 Å². The highest BCUT2D eigenvalue weighted by atomic mass is 16.2. The first-order chi connectivity index (χ1) is 10.7. The topological polar surface area (TPSA) is 61.4 Å². The molecule has 5 heteroatoms. The van der Waals surface area contributed by atoms with Crippen LogP contribution in [-0.2, 0) is 4.79 Å². The fourth-order valence-corrected chi connectivity index (χ4v) is 2.75. The predicted octanol–water partition coefficient (Wildman–Crippen LogP) is 2.10.